The van der Waals surface area contributed by atoms with Crippen molar-refractivity contribution < 1.29 is 4.79 Å². The Morgan fingerprint density at radius 3 is 2.62 bits per heavy atom. The van der Waals surface area contributed by atoms with Gasteiger partial charge in [-0.25, -0.2) is 4.79 Å². The maximum Gasteiger partial charge on any atom is 0.327 e. The topological polar surface area (TPSA) is 94.8 Å². The molecule has 0 bridgehead atoms. The number of anilines is 1. The molecule has 4 rings (SSSR count). The van der Waals surface area contributed by atoms with Crippen LogP contribution in [-0.2, 0) is 4.79 Å². The van der Waals surface area contributed by atoms with E-state index in [9.17, 15) is 14.4 Å². The molecule has 0 saturated carbocycles. The molecule has 1 atom stereocenters. The quantitative estimate of drug-likeness (QED) is 0.666. The van der Waals surface area contributed by atoms with Gasteiger partial charge in [-0.3, -0.25) is 19.6 Å². The highest BCUT2D eigenvalue weighted by Crippen LogP contribution is 2.47. The van der Waals surface area contributed by atoms with Gasteiger partial charge in [-0.2, -0.15) is 0 Å². The van der Waals surface area contributed by atoms with Crippen molar-refractivity contribution in [2.75, 3.05) is 5.32 Å². The molecule has 0 fully saturated rings. The monoisotopic (exact) mass is 415 g/mol. The van der Waals surface area contributed by atoms with Crippen LogP contribution in [0, 0.1) is 5.41 Å². The normalized spacial score (nSPS) is 21.0. The largest absolute Gasteiger partial charge is 0.344 e. The molecular weight excluding hydrogens is 398 g/mol. The lowest BCUT2D eigenvalue weighted by molar-refractivity contribution is -0.118. The van der Waals surface area contributed by atoms with Gasteiger partial charge in [0.15, 0.2) is 5.78 Å². The molecule has 1 aromatic heterocycles. The van der Waals surface area contributed by atoms with Gasteiger partial charge >= 0.3 is 5.69 Å². The lowest BCUT2D eigenvalue weighted by atomic mass is 9.69. The Hall–Kier alpha value is -2.41. The van der Waals surface area contributed by atoms with Gasteiger partial charge in [0, 0.05) is 28.1 Å². The molecule has 1 aromatic carbocycles. The van der Waals surface area contributed by atoms with Crippen molar-refractivity contribution >= 4 is 27.5 Å². The fraction of sp³-hybridized carbons (Fsp3) is 0.316. The van der Waals surface area contributed by atoms with E-state index < -0.39 is 17.2 Å². The number of ketones is 1. The minimum Gasteiger partial charge on any atom is -0.344 e. The number of aromatic amines is 2. The molecule has 26 heavy (non-hydrogen) atoms. The number of aromatic nitrogens is 2. The molecule has 0 spiro atoms. The molecule has 0 saturated heterocycles. The number of benzene rings is 1. The van der Waals surface area contributed by atoms with Crippen LogP contribution in [0.4, 0.5) is 5.82 Å². The van der Waals surface area contributed by atoms with Crippen molar-refractivity contribution in [1.29, 1.82) is 0 Å². The van der Waals surface area contributed by atoms with Crippen molar-refractivity contribution in [2.24, 2.45) is 5.41 Å². The summed E-state index contributed by atoms with van der Waals surface area (Å²) in [7, 11) is 0. The molecule has 1 aliphatic carbocycles. The van der Waals surface area contributed by atoms with Crippen molar-refractivity contribution in [3.8, 4) is 0 Å². The maximum atomic E-state index is 13.0. The van der Waals surface area contributed by atoms with E-state index in [1.54, 1.807) is 0 Å². The third-order valence-electron chi connectivity index (χ3n) is 4.93. The van der Waals surface area contributed by atoms with Gasteiger partial charge in [0.05, 0.1) is 5.56 Å². The first-order chi connectivity index (χ1) is 12.2. The fourth-order valence-corrected chi connectivity index (χ4v) is 4.38. The highest BCUT2D eigenvalue weighted by Gasteiger charge is 2.42. The summed E-state index contributed by atoms with van der Waals surface area (Å²) < 4.78 is 0.863. The minimum atomic E-state index is -0.570. The molecule has 0 amide bonds. The minimum absolute atomic E-state index is 0.0324. The van der Waals surface area contributed by atoms with Crippen molar-refractivity contribution in [2.45, 2.75) is 32.6 Å². The first-order valence-corrected chi connectivity index (χ1v) is 9.20. The SMILES string of the molecule is CC1(C)CC(=O)C2=C(C1)Nc1[nH]c(=O)[nH]c(=O)c1C2c1cccc(Br)c1. The van der Waals surface area contributed by atoms with Gasteiger partial charge < -0.3 is 5.32 Å². The first kappa shape index (κ1) is 17.0. The molecule has 2 aromatic rings. The van der Waals surface area contributed by atoms with Crippen molar-refractivity contribution in [3.63, 3.8) is 0 Å². The predicted molar refractivity (Wildman–Crippen MR) is 102 cm³/mol. The van der Waals surface area contributed by atoms with E-state index in [0.29, 0.717) is 29.8 Å². The average molecular weight is 416 g/mol. The van der Waals surface area contributed by atoms with E-state index >= 15 is 0 Å². The number of hydrogen-bond donors (Lipinski definition) is 3. The number of rotatable bonds is 1. The van der Waals surface area contributed by atoms with Crippen LogP contribution < -0.4 is 16.6 Å². The zero-order valence-electron chi connectivity index (χ0n) is 14.4. The van der Waals surface area contributed by atoms with Gasteiger partial charge in [-0.05, 0) is 29.5 Å². The van der Waals surface area contributed by atoms with Gasteiger partial charge in [-0.1, -0.05) is 41.9 Å². The van der Waals surface area contributed by atoms with Crippen LogP contribution in [0.2, 0.25) is 0 Å². The Kier molecular flexibility index (Phi) is 3.80. The summed E-state index contributed by atoms with van der Waals surface area (Å²) in [5.41, 5.74) is 1.38. The molecule has 6 nitrogen and oxygen atoms in total. The summed E-state index contributed by atoms with van der Waals surface area (Å²) in [6.07, 6.45) is 1.10. The molecule has 2 aliphatic rings. The zero-order valence-corrected chi connectivity index (χ0v) is 16.0. The van der Waals surface area contributed by atoms with Crippen LogP contribution in [-0.4, -0.2) is 15.8 Å². The summed E-state index contributed by atoms with van der Waals surface area (Å²) >= 11 is 3.46. The standard InChI is InChI=1S/C19H18BrN3O3/c1-19(2)7-11-14(12(24)8-19)13(9-4-3-5-10(20)6-9)15-16(21-11)22-18(26)23-17(15)25/h3-6,13H,7-8H2,1-2H3,(H3,21,22,23,25,26). The Morgan fingerprint density at radius 2 is 1.88 bits per heavy atom. The Morgan fingerprint density at radius 1 is 1.12 bits per heavy atom. The lowest BCUT2D eigenvalue weighted by Crippen LogP contribution is -2.38. The Balaban J connectivity index is 2.02. The maximum absolute atomic E-state index is 13.0. The van der Waals surface area contributed by atoms with E-state index in [1.165, 1.54) is 0 Å². The second-order valence-electron chi connectivity index (χ2n) is 7.64. The second kappa shape index (κ2) is 5.81. The van der Waals surface area contributed by atoms with Crippen LogP contribution in [0.15, 0.2) is 49.6 Å². The van der Waals surface area contributed by atoms with Crippen LogP contribution in [0.3, 0.4) is 0 Å². The van der Waals surface area contributed by atoms with Crippen molar-refractivity contribution in [3.05, 3.63) is 72.0 Å². The number of halogens is 1. The van der Waals surface area contributed by atoms with E-state index in [0.717, 1.165) is 15.7 Å². The van der Waals surface area contributed by atoms with E-state index in [-0.39, 0.29) is 11.2 Å². The van der Waals surface area contributed by atoms with Crippen LogP contribution in [0.25, 0.3) is 0 Å². The smallest absolute Gasteiger partial charge is 0.327 e. The molecule has 3 N–H and O–H groups in total. The number of Topliss-reactive ketones (excluding diaryl/α,β-unsaturated/α-hetero) is 1. The molecule has 2 heterocycles. The molecule has 7 heteroatoms. The summed E-state index contributed by atoms with van der Waals surface area (Å²) in [4.78, 5) is 42.3. The Bertz CT molecular complexity index is 1080. The third kappa shape index (κ3) is 2.76. The highest BCUT2D eigenvalue weighted by molar-refractivity contribution is 9.10. The molecule has 134 valence electrons. The number of hydrogen-bond acceptors (Lipinski definition) is 4. The van der Waals surface area contributed by atoms with Gasteiger partial charge in [-0.15, -0.1) is 0 Å². The van der Waals surface area contributed by atoms with Gasteiger partial charge in [0.1, 0.15) is 5.82 Å². The molecule has 1 unspecified atom stereocenters. The number of nitrogens with one attached hydrogen (secondary N) is 3. The summed E-state index contributed by atoms with van der Waals surface area (Å²) in [5, 5.41) is 3.15. The molecule has 1 aliphatic heterocycles. The van der Waals surface area contributed by atoms with Gasteiger partial charge in [0.25, 0.3) is 5.56 Å². The summed E-state index contributed by atoms with van der Waals surface area (Å²) in [6, 6.07) is 7.57. The van der Waals surface area contributed by atoms with Crippen molar-refractivity contribution in [1.82, 2.24) is 9.97 Å². The predicted octanol–water partition coefficient (Wildman–Crippen LogP) is 3.03. The third-order valence-corrected chi connectivity index (χ3v) is 5.43. The van der Waals surface area contributed by atoms with Crippen LogP contribution >= 0.6 is 15.9 Å². The first-order valence-electron chi connectivity index (χ1n) is 8.40. The lowest BCUT2D eigenvalue weighted by Gasteiger charge is -2.38. The zero-order chi connectivity index (χ0) is 18.6. The Labute approximate surface area is 157 Å². The molecular formula is C19H18BrN3O3. The number of H-pyrrole nitrogens is 2. The average Bonchev–Trinajstić information content (AvgIpc) is 2.51. The number of carbonyl (C=O) groups is 1. The van der Waals surface area contributed by atoms with E-state index in [1.807, 2.05) is 38.1 Å². The second-order valence-corrected chi connectivity index (χ2v) is 8.56. The summed E-state index contributed by atoms with van der Waals surface area (Å²) in [5.74, 6) is -0.110. The van der Waals surface area contributed by atoms with E-state index in [2.05, 4.69) is 31.2 Å². The fourth-order valence-electron chi connectivity index (χ4n) is 3.97. The highest BCUT2D eigenvalue weighted by atomic mass is 79.9. The summed E-state index contributed by atoms with van der Waals surface area (Å²) in [6.45, 7) is 4.08. The number of carbonyl (C=O) groups excluding carboxylic acids is 1. The number of fused-ring (bicyclic) bond motifs is 1. The van der Waals surface area contributed by atoms with Crippen LogP contribution in [0.1, 0.15) is 43.7 Å². The van der Waals surface area contributed by atoms with Crippen LogP contribution in [0.5, 0.6) is 0 Å². The van der Waals surface area contributed by atoms with Gasteiger partial charge in [0.2, 0.25) is 0 Å². The molecule has 0 radical (unpaired) electrons. The van der Waals surface area contributed by atoms with E-state index in [4.69, 9.17) is 0 Å². The number of allylic oxidation sites excluding steroid dienone is 2.